The molecule has 0 saturated carbocycles. The Bertz CT molecular complexity index is 826. The summed E-state index contributed by atoms with van der Waals surface area (Å²) in [5, 5.41) is 10.9. The summed E-state index contributed by atoms with van der Waals surface area (Å²) >= 11 is 0. The van der Waals surface area contributed by atoms with Gasteiger partial charge in [-0.25, -0.2) is 4.79 Å². The normalized spacial score (nSPS) is 10.5. The number of hydrogen-bond acceptors (Lipinski definition) is 6. The lowest BCUT2D eigenvalue weighted by Gasteiger charge is -2.05. The van der Waals surface area contributed by atoms with Gasteiger partial charge in [-0.15, -0.1) is 0 Å². The Hall–Kier alpha value is -3.48. The third kappa shape index (κ3) is 5.27. The topological polar surface area (TPSA) is 95.7 Å². The molecule has 2 rings (SSSR count). The van der Waals surface area contributed by atoms with E-state index in [9.17, 15) is 19.7 Å². The van der Waals surface area contributed by atoms with E-state index in [0.29, 0.717) is 17.9 Å². The van der Waals surface area contributed by atoms with Crippen LogP contribution in [0.1, 0.15) is 22.8 Å². The average molecular weight is 355 g/mol. The Labute approximate surface area is 150 Å². The van der Waals surface area contributed by atoms with Gasteiger partial charge in [-0.2, -0.15) is 0 Å². The third-order valence-electron chi connectivity index (χ3n) is 3.37. The van der Waals surface area contributed by atoms with Crippen LogP contribution in [0.3, 0.4) is 0 Å². The molecule has 26 heavy (non-hydrogen) atoms. The number of nitro benzene ring substituents is 1. The maximum absolute atomic E-state index is 12.0. The third-order valence-corrected chi connectivity index (χ3v) is 3.37. The summed E-state index contributed by atoms with van der Waals surface area (Å²) in [6, 6.07) is 12.5. The smallest absolute Gasteiger partial charge is 0.331 e. The van der Waals surface area contributed by atoms with Gasteiger partial charge in [0.25, 0.3) is 5.69 Å². The van der Waals surface area contributed by atoms with Crippen molar-refractivity contribution < 1.29 is 24.0 Å². The molecule has 0 heterocycles. The summed E-state index contributed by atoms with van der Waals surface area (Å²) in [7, 11) is 0. The number of ether oxygens (including phenoxy) is 2. The van der Waals surface area contributed by atoms with Crippen molar-refractivity contribution in [2.75, 3.05) is 13.2 Å². The van der Waals surface area contributed by atoms with Crippen molar-refractivity contribution in [1.29, 1.82) is 0 Å². The van der Waals surface area contributed by atoms with Crippen molar-refractivity contribution in [1.82, 2.24) is 0 Å². The number of benzene rings is 2. The molecule has 0 atom stereocenters. The van der Waals surface area contributed by atoms with Crippen LogP contribution in [0.15, 0.2) is 54.6 Å². The van der Waals surface area contributed by atoms with E-state index in [-0.39, 0.29) is 17.0 Å². The molecule has 0 saturated heterocycles. The van der Waals surface area contributed by atoms with Gasteiger partial charge in [0.05, 0.1) is 17.1 Å². The Morgan fingerprint density at radius 2 is 1.81 bits per heavy atom. The number of nitro groups is 1. The van der Waals surface area contributed by atoms with Crippen LogP contribution in [0, 0.1) is 10.1 Å². The lowest BCUT2D eigenvalue weighted by Crippen LogP contribution is -2.12. The number of nitrogens with zero attached hydrogens (tertiary/aromatic N) is 1. The highest BCUT2D eigenvalue weighted by Crippen LogP contribution is 2.19. The molecule has 134 valence electrons. The monoisotopic (exact) mass is 355 g/mol. The summed E-state index contributed by atoms with van der Waals surface area (Å²) in [5.41, 5.74) is 0.540. The van der Waals surface area contributed by atoms with Gasteiger partial charge < -0.3 is 9.47 Å². The lowest BCUT2D eigenvalue weighted by molar-refractivity contribution is -0.385. The quantitative estimate of drug-likeness (QED) is 0.237. The molecule has 0 fully saturated rings. The molecule has 0 aliphatic heterocycles. The first-order chi connectivity index (χ1) is 12.5. The highest BCUT2D eigenvalue weighted by atomic mass is 16.6. The zero-order chi connectivity index (χ0) is 18.9. The van der Waals surface area contributed by atoms with Crippen LogP contribution in [0.4, 0.5) is 5.69 Å². The number of esters is 1. The SMILES string of the molecule is CCOc1ccc(C(=O)COC(=O)/C=C/c2ccccc2[N+](=O)[O-])cc1. The molecule has 0 N–H and O–H groups in total. The van der Waals surface area contributed by atoms with Gasteiger partial charge in [0.1, 0.15) is 5.75 Å². The van der Waals surface area contributed by atoms with E-state index < -0.39 is 17.5 Å². The van der Waals surface area contributed by atoms with Crippen LogP contribution in [-0.4, -0.2) is 29.9 Å². The fourth-order valence-electron chi connectivity index (χ4n) is 2.12. The van der Waals surface area contributed by atoms with Crippen molar-refractivity contribution in [2.45, 2.75) is 6.92 Å². The number of carbonyl (C=O) groups excluding carboxylic acids is 2. The van der Waals surface area contributed by atoms with Crippen molar-refractivity contribution in [3.63, 3.8) is 0 Å². The predicted octanol–water partition coefficient (Wildman–Crippen LogP) is 3.43. The predicted molar refractivity (Wildman–Crippen MR) is 95.0 cm³/mol. The van der Waals surface area contributed by atoms with E-state index in [2.05, 4.69) is 0 Å². The summed E-state index contributed by atoms with van der Waals surface area (Å²) in [5.74, 6) is -0.476. The minimum absolute atomic E-state index is 0.123. The van der Waals surface area contributed by atoms with E-state index in [4.69, 9.17) is 9.47 Å². The van der Waals surface area contributed by atoms with Gasteiger partial charge >= 0.3 is 5.97 Å². The molecular weight excluding hydrogens is 338 g/mol. The maximum Gasteiger partial charge on any atom is 0.331 e. The Morgan fingerprint density at radius 1 is 1.12 bits per heavy atom. The zero-order valence-electron chi connectivity index (χ0n) is 14.1. The van der Waals surface area contributed by atoms with Crippen LogP contribution in [-0.2, 0) is 9.53 Å². The van der Waals surface area contributed by atoms with Crippen LogP contribution in [0.5, 0.6) is 5.75 Å². The number of carbonyl (C=O) groups is 2. The van der Waals surface area contributed by atoms with E-state index in [1.54, 1.807) is 30.3 Å². The number of Topliss-reactive ketones (excluding diaryl/α,β-unsaturated/α-hetero) is 1. The van der Waals surface area contributed by atoms with E-state index in [1.807, 2.05) is 6.92 Å². The largest absolute Gasteiger partial charge is 0.494 e. The highest BCUT2D eigenvalue weighted by Gasteiger charge is 2.11. The van der Waals surface area contributed by atoms with Gasteiger partial charge in [0.2, 0.25) is 0 Å². The standard InChI is InChI=1S/C19H17NO6/c1-2-25-16-10-7-15(8-11-16)18(21)13-26-19(22)12-9-14-5-3-4-6-17(14)20(23)24/h3-12H,2,13H2,1H3/b12-9+. The van der Waals surface area contributed by atoms with Crippen molar-refractivity contribution in [3.05, 3.63) is 75.8 Å². The van der Waals surface area contributed by atoms with Crippen molar-refractivity contribution in [2.24, 2.45) is 0 Å². The van der Waals surface area contributed by atoms with E-state index in [0.717, 1.165) is 6.08 Å². The molecular formula is C19H17NO6. The fraction of sp³-hybridized carbons (Fsp3) is 0.158. The number of para-hydroxylation sites is 1. The first-order valence-corrected chi connectivity index (χ1v) is 7.85. The molecule has 0 amide bonds. The number of rotatable bonds is 8. The van der Waals surface area contributed by atoms with Gasteiger partial charge in [0.15, 0.2) is 12.4 Å². The molecule has 0 radical (unpaired) electrons. The summed E-state index contributed by atoms with van der Waals surface area (Å²) in [6.07, 6.45) is 2.33. The summed E-state index contributed by atoms with van der Waals surface area (Å²) < 4.78 is 10.2. The Balaban J connectivity index is 1.92. The van der Waals surface area contributed by atoms with Crippen LogP contribution >= 0.6 is 0 Å². The van der Waals surface area contributed by atoms with Crippen LogP contribution in [0.2, 0.25) is 0 Å². The second kappa shape index (κ2) is 9.12. The maximum atomic E-state index is 12.0. The van der Waals surface area contributed by atoms with Crippen molar-refractivity contribution in [3.8, 4) is 5.75 Å². The minimum Gasteiger partial charge on any atom is -0.494 e. The average Bonchev–Trinajstić information content (AvgIpc) is 2.65. The fourth-order valence-corrected chi connectivity index (χ4v) is 2.12. The second-order valence-corrected chi connectivity index (χ2v) is 5.14. The number of ketones is 1. The molecule has 0 aromatic heterocycles. The summed E-state index contributed by atoms with van der Waals surface area (Å²) in [4.78, 5) is 34.1. The Kier molecular flexibility index (Phi) is 6.61. The molecule has 7 heteroatoms. The molecule has 0 aliphatic carbocycles. The van der Waals surface area contributed by atoms with Crippen molar-refractivity contribution >= 4 is 23.5 Å². The molecule has 0 unspecified atom stereocenters. The van der Waals surface area contributed by atoms with Gasteiger partial charge in [-0.05, 0) is 43.3 Å². The number of hydrogen-bond donors (Lipinski definition) is 0. The van der Waals surface area contributed by atoms with Gasteiger partial charge in [0, 0.05) is 17.7 Å². The van der Waals surface area contributed by atoms with Gasteiger partial charge in [-0.1, -0.05) is 12.1 Å². The molecule has 2 aromatic rings. The molecule has 7 nitrogen and oxygen atoms in total. The van der Waals surface area contributed by atoms with E-state index >= 15 is 0 Å². The minimum atomic E-state index is -0.762. The molecule has 0 aliphatic rings. The van der Waals surface area contributed by atoms with E-state index in [1.165, 1.54) is 24.3 Å². The molecule has 0 bridgehead atoms. The summed E-state index contributed by atoms with van der Waals surface area (Å²) in [6.45, 7) is 1.96. The van der Waals surface area contributed by atoms with Crippen LogP contribution < -0.4 is 4.74 Å². The van der Waals surface area contributed by atoms with Gasteiger partial charge in [-0.3, -0.25) is 14.9 Å². The first-order valence-electron chi connectivity index (χ1n) is 7.85. The second-order valence-electron chi connectivity index (χ2n) is 5.14. The highest BCUT2D eigenvalue weighted by molar-refractivity contribution is 5.99. The zero-order valence-corrected chi connectivity index (χ0v) is 14.1. The molecule has 0 spiro atoms. The lowest BCUT2D eigenvalue weighted by atomic mass is 10.1. The first kappa shape index (κ1) is 18.9. The Morgan fingerprint density at radius 3 is 2.46 bits per heavy atom. The van der Waals surface area contributed by atoms with Crippen LogP contribution in [0.25, 0.3) is 6.08 Å². The molecule has 2 aromatic carbocycles.